The molecule has 5 nitrogen and oxygen atoms in total. The largest absolute Gasteiger partial charge is 0.353 e. The average Bonchev–Trinajstić information content (AvgIpc) is 3.27. The zero-order chi connectivity index (χ0) is 19.0. The van der Waals surface area contributed by atoms with E-state index in [4.69, 9.17) is 0 Å². The third-order valence-corrected chi connectivity index (χ3v) is 8.71. The van der Waals surface area contributed by atoms with Crippen molar-refractivity contribution in [3.05, 3.63) is 35.4 Å². The summed E-state index contributed by atoms with van der Waals surface area (Å²) in [6.07, 6.45) is 6.25. The summed E-state index contributed by atoms with van der Waals surface area (Å²) in [6, 6.07) is 7.98. The van der Waals surface area contributed by atoms with Gasteiger partial charge in [0, 0.05) is 25.0 Å². The van der Waals surface area contributed by atoms with Crippen LogP contribution < -0.4 is 5.32 Å². The zero-order valence-electron chi connectivity index (χ0n) is 16.1. The molecule has 1 heterocycles. The van der Waals surface area contributed by atoms with Crippen LogP contribution in [0.4, 0.5) is 0 Å². The van der Waals surface area contributed by atoms with Crippen LogP contribution in [0.1, 0.15) is 49.7 Å². The summed E-state index contributed by atoms with van der Waals surface area (Å²) in [6.45, 7) is 2.84. The molecule has 2 saturated carbocycles. The van der Waals surface area contributed by atoms with Crippen LogP contribution in [0.2, 0.25) is 0 Å². The van der Waals surface area contributed by atoms with E-state index < -0.39 is 10.0 Å². The molecule has 0 unspecified atom stereocenters. The van der Waals surface area contributed by atoms with Gasteiger partial charge in [0.15, 0.2) is 0 Å². The van der Waals surface area contributed by atoms with Crippen molar-refractivity contribution in [2.24, 2.45) is 17.8 Å². The van der Waals surface area contributed by atoms with E-state index in [9.17, 15) is 13.2 Å². The number of piperidine rings is 1. The fourth-order valence-corrected chi connectivity index (χ4v) is 6.84. The summed E-state index contributed by atoms with van der Waals surface area (Å²) in [5.74, 6) is 1.63. The molecule has 2 bridgehead atoms. The zero-order valence-corrected chi connectivity index (χ0v) is 16.9. The molecular formula is C21H30N2O3S. The highest BCUT2D eigenvalue weighted by atomic mass is 32.2. The van der Waals surface area contributed by atoms with E-state index in [0.29, 0.717) is 37.9 Å². The molecule has 1 aromatic rings. The molecule has 1 N–H and O–H groups in total. The second-order valence-corrected chi connectivity index (χ2v) is 10.6. The fourth-order valence-electron chi connectivity index (χ4n) is 5.18. The summed E-state index contributed by atoms with van der Waals surface area (Å²) >= 11 is 0. The summed E-state index contributed by atoms with van der Waals surface area (Å²) in [5, 5.41) is 3.27. The Labute approximate surface area is 162 Å². The van der Waals surface area contributed by atoms with E-state index in [1.807, 2.05) is 31.2 Å². The van der Waals surface area contributed by atoms with Crippen LogP contribution >= 0.6 is 0 Å². The average molecular weight is 391 g/mol. The Bertz CT molecular complexity index is 799. The fraction of sp³-hybridized carbons (Fsp3) is 0.667. The number of carbonyl (C=O) groups is 1. The van der Waals surface area contributed by atoms with Crippen LogP contribution in [0.5, 0.6) is 0 Å². The number of nitrogens with one attached hydrogen (secondary N) is 1. The van der Waals surface area contributed by atoms with Crippen molar-refractivity contribution in [2.75, 3.05) is 13.1 Å². The van der Waals surface area contributed by atoms with E-state index in [1.165, 1.54) is 19.3 Å². The van der Waals surface area contributed by atoms with E-state index in [1.54, 1.807) is 4.31 Å². The molecule has 0 radical (unpaired) electrons. The number of aryl methyl sites for hydroxylation is 1. The van der Waals surface area contributed by atoms with Gasteiger partial charge in [-0.25, -0.2) is 12.7 Å². The quantitative estimate of drug-likeness (QED) is 0.841. The van der Waals surface area contributed by atoms with Gasteiger partial charge >= 0.3 is 0 Å². The minimum absolute atomic E-state index is 0.0433. The number of hydrogen-bond donors (Lipinski definition) is 1. The molecule has 148 valence electrons. The van der Waals surface area contributed by atoms with Gasteiger partial charge in [-0.2, -0.15) is 0 Å². The molecule has 0 spiro atoms. The lowest BCUT2D eigenvalue weighted by Gasteiger charge is -2.32. The molecule has 1 amide bonds. The van der Waals surface area contributed by atoms with Crippen LogP contribution in [0.15, 0.2) is 24.3 Å². The maximum Gasteiger partial charge on any atom is 0.223 e. The van der Waals surface area contributed by atoms with Gasteiger partial charge in [0.05, 0.1) is 5.75 Å². The second kappa shape index (κ2) is 7.55. The molecule has 1 saturated heterocycles. The first-order valence-electron chi connectivity index (χ1n) is 10.2. The molecule has 4 rings (SSSR count). The smallest absolute Gasteiger partial charge is 0.223 e. The number of fused-ring (bicyclic) bond motifs is 2. The number of sulfonamides is 1. The summed E-state index contributed by atoms with van der Waals surface area (Å²) < 4.78 is 27.1. The van der Waals surface area contributed by atoms with Gasteiger partial charge in [0.1, 0.15) is 0 Å². The molecular weight excluding hydrogens is 360 g/mol. The van der Waals surface area contributed by atoms with Crippen molar-refractivity contribution >= 4 is 15.9 Å². The summed E-state index contributed by atoms with van der Waals surface area (Å²) in [4.78, 5) is 12.6. The Hall–Kier alpha value is -1.40. The highest BCUT2D eigenvalue weighted by Crippen LogP contribution is 2.44. The van der Waals surface area contributed by atoms with Crippen molar-refractivity contribution in [3.8, 4) is 0 Å². The predicted octanol–water partition coefficient (Wildman–Crippen LogP) is 2.84. The minimum atomic E-state index is -3.34. The first-order valence-corrected chi connectivity index (χ1v) is 11.9. The van der Waals surface area contributed by atoms with E-state index in [-0.39, 0.29) is 17.6 Å². The monoisotopic (exact) mass is 390 g/mol. The number of nitrogens with zero attached hydrogens (tertiary/aromatic N) is 1. The Kier molecular flexibility index (Phi) is 5.30. The highest BCUT2D eigenvalue weighted by molar-refractivity contribution is 7.88. The van der Waals surface area contributed by atoms with Crippen LogP contribution in [0, 0.1) is 24.7 Å². The molecule has 1 aliphatic heterocycles. The third-order valence-electron chi connectivity index (χ3n) is 6.88. The van der Waals surface area contributed by atoms with Gasteiger partial charge in [-0.1, -0.05) is 30.7 Å². The number of rotatable bonds is 5. The number of carbonyl (C=O) groups excluding carboxylic acids is 1. The second-order valence-electron chi connectivity index (χ2n) is 8.65. The first kappa shape index (κ1) is 18.9. The van der Waals surface area contributed by atoms with Crippen molar-refractivity contribution in [1.29, 1.82) is 0 Å². The SMILES string of the molecule is Cc1ccccc1CS(=O)(=O)N1CCC(C(=O)N[C@@H]2C[C@H]3CC[C@@H]2C3)CC1. The van der Waals surface area contributed by atoms with Crippen LogP contribution in [-0.4, -0.2) is 37.8 Å². The molecule has 27 heavy (non-hydrogen) atoms. The maximum absolute atomic E-state index is 12.8. The Balaban J connectivity index is 1.30. The summed E-state index contributed by atoms with van der Waals surface area (Å²) in [5.41, 5.74) is 1.86. The molecule has 3 fully saturated rings. The number of benzene rings is 1. The summed E-state index contributed by atoms with van der Waals surface area (Å²) in [7, 11) is -3.34. The third kappa shape index (κ3) is 4.06. The van der Waals surface area contributed by atoms with Gasteiger partial charge in [-0.05, 0) is 62.0 Å². The molecule has 0 aromatic heterocycles. The van der Waals surface area contributed by atoms with Gasteiger partial charge in [0.25, 0.3) is 0 Å². The Morgan fingerprint density at radius 1 is 1.11 bits per heavy atom. The molecule has 2 aliphatic carbocycles. The van der Waals surface area contributed by atoms with E-state index in [0.717, 1.165) is 23.5 Å². The van der Waals surface area contributed by atoms with Gasteiger partial charge in [0.2, 0.25) is 15.9 Å². The van der Waals surface area contributed by atoms with Crippen LogP contribution in [0.3, 0.4) is 0 Å². The number of hydrogen-bond acceptors (Lipinski definition) is 3. The maximum atomic E-state index is 12.8. The van der Waals surface area contributed by atoms with Crippen molar-refractivity contribution in [2.45, 2.75) is 57.2 Å². The topological polar surface area (TPSA) is 66.5 Å². The van der Waals surface area contributed by atoms with Crippen LogP contribution in [0.25, 0.3) is 0 Å². The van der Waals surface area contributed by atoms with E-state index in [2.05, 4.69) is 5.32 Å². The van der Waals surface area contributed by atoms with Crippen molar-refractivity contribution < 1.29 is 13.2 Å². The number of amides is 1. The lowest BCUT2D eigenvalue weighted by atomic mass is 9.93. The molecule has 6 heteroatoms. The predicted molar refractivity (Wildman–Crippen MR) is 105 cm³/mol. The van der Waals surface area contributed by atoms with E-state index >= 15 is 0 Å². The van der Waals surface area contributed by atoms with Gasteiger partial charge < -0.3 is 5.32 Å². The minimum Gasteiger partial charge on any atom is -0.353 e. The highest BCUT2D eigenvalue weighted by Gasteiger charge is 2.41. The van der Waals surface area contributed by atoms with Crippen LogP contribution in [-0.2, 0) is 20.6 Å². The van der Waals surface area contributed by atoms with Gasteiger partial charge in [-0.15, -0.1) is 0 Å². The lowest BCUT2D eigenvalue weighted by molar-refractivity contribution is -0.127. The Morgan fingerprint density at radius 2 is 1.85 bits per heavy atom. The normalized spacial score (nSPS) is 29.1. The molecule has 3 aliphatic rings. The van der Waals surface area contributed by atoms with Gasteiger partial charge in [-0.3, -0.25) is 4.79 Å². The molecule has 1 aromatic carbocycles. The van der Waals surface area contributed by atoms with Crippen molar-refractivity contribution in [3.63, 3.8) is 0 Å². The standard InChI is InChI=1S/C21H30N2O3S/c1-15-4-2-3-5-19(15)14-27(25,26)23-10-8-17(9-11-23)21(24)22-20-13-16-6-7-18(20)12-16/h2-5,16-18,20H,6-14H2,1H3,(H,22,24)/t16-,18+,20+/m0/s1. The first-order chi connectivity index (χ1) is 12.9. The van der Waals surface area contributed by atoms with Crippen molar-refractivity contribution in [1.82, 2.24) is 9.62 Å². The molecule has 3 atom stereocenters. The lowest BCUT2D eigenvalue weighted by Crippen LogP contribution is -2.46. The Morgan fingerprint density at radius 3 is 2.48 bits per heavy atom.